The molecule has 0 aromatic heterocycles. The van der Waals surface area contributed by atoms with E-state index < -0.39 is 11.0 Å². The number of hydrogen-bond donors (Lipinski definition) is 1. The van der Waals surface area contributed by atoms with E-state index in [1.54, 1.807) is 12.1 Å². The average Bonchev–Trinajstić information content (AvgIpc) is 2.29. The predicted molar refractivity (Wildman–Crippen MR) is 62.2 cm³/mol. The Morgan fingerprint density at radius 3 is 2.44 bits per heavy atom. The Morgan fingerprint density at radius 1 is 1.31 bits per heavy atom. The summed E-state index contributed by atoms with van der Waals surface area (Å²) in [6.45, 7) is 2.11. The van der Waals surface area contributed by atoms with Crippen LogP contribution in [0.2, 0.25) is 0 Å². The van der Waals surface area contributed by atoms with Gasteiger partial charge >= 0.3 is 0 Å². The van der Waals surface area contributed by atoms with Crippen molar-refractivity contribution >= 4 is 5.69 Å². The van der Waals surface area contributed by atoms with E-state index in [0.717, 1.165) is 24.8 Å². The second-order valence-electron chi connectivity index (χ2n) is 3.86. The van der Waals surface area contributed by atoms with Crippen LogP contribution in [0.4, 0.5) is 5.69 Å². The highest BCUT2D eigenvalue weighted by Gasteiger charge is 2.09. The zero-order chi connectivity index (χ0) is 12.0. The molecule has 4 nitrogen and oxygen atoms in total. The quantitative estimate of drug-likeness (QED) is 0.457. The van der Waals surface area contributed by atoms with Crippen LogP contribution < -0.4 is 0 Å². The van der Waals surface area contributed by atoms with Crippen LogP contribution in [0.5, 0.6) is 0 Å². The van der Waals surface area contributed by atoms with Gasteiger partial charge in [0.25, 0.3) is 5.69 Å². The molecule has 0 amide bonds. The molecule has 1 atom stereocenters. The van der Waals surface area contributed by atoms with Gasteiger partial charge in [0, 0.05) is 12.1 Å². The Bertz CT molecular complexity index is 335. The van der Waals surface area contributed by atoms with E-state index in [2.05, 4.69) is 6.92 Å². The number of nitro benzene ring substituents is 1. The van der Waals surface area contributed by atoms with Gasteiger partial charge in [0.15, 0.2) is 0 Å². The van der Waals surface area contributed by atoms with Gasteiger partial charge in [-0.2, -0.15) is 0 Å². The maximum Gasteiger partial charge on any atom is 0.269 e. The van der Waals surface area contributed by atoms with Crippen LogP contribution >= 0.6 is 0 Å². The number of hydrogen-bond acceptors (Lipinski definition) is 3. The molecule has 1 rings (SSSR count). The second kappa shape index (κ2) is 6.23. The molecular weight excluding hydrogens is 206 g/mol. The summed E-state index contributed by atoms with van der Waals surface area (Å²) in [5.74, 6) is 0. The molecule has 1 N–H and O–H groups in total. The van der Waals surface area contributed by atoms with Gasteiger partial charge in [-0.3, -0.25) is 10.1 Å². The van der Waals surface area contributed by atoms with Crippen LogP contribution in [-0.2, 0) is 0 Å². The van der Waals surface area contributed by atoms with Crippen molar-refractivity contribution in [2.24, 2.45) is 0 Å². The number of non-ortho nitro benzene ring substituents is 1. The van der Waals surface area contributed by atoms with Gasteiger partial charge in [-0.05, 0) is 24.1 Å². The minimum atomic E-state index is -0.507. The number of benzene rings is 1. The SMILES string of the molecule is CCCCCC(O)c1ccc([N+](=O)[O-])cc1. The van der Waals surface area contributed by atoms with Crippen molar-refractivity contribution in [3.05, 3.63) is 39.9 Å². The Morgan fingerprint density at radius 2 is 1.94 bits per heavy atom. The monoisotopic (exact) mass is 223 g/mol. The van der Waals surface area contributed by atoms with Crippen LogP contribution in [0.1, 0.15) is 44.3 Å². The van der Waals surface area contributed by atoms with Crippen molar-refractivity contribution in [1.82, 2.24) is 0 Å². The van der Waals surface area contributed by atoms with Crippen molar-refractivity contribution in [2.45, 2.75) is 38.7 Å². The molecular formula is C12H17NO3. The van der Waals surface area contributed by atoms with Crippen molar-refractivity contribution in [1.29, 1.82) is 0 Å². The third kappa shape index (κ3) is 3.62. The molecule has 1 unspecified atom stereocenters. The van der Waals surface area contributed by atoms with Crippen LogP contribution in [0.3, 0.4) is 0 Å². The van der Waals surface area contributed by atoms with Crippen LogP contribution in [0, 0.1) is 10.1 Å². The summed E-state index contributed by atoms with van der Waals surface area (Å²) in [5.41, 5.74) is 0.811. The fraction of sp³-hybridized carbons (Fsp3) is 0.500. The fourth-order valence-corrected chi connectivity index (χ4v) is 1.57. The lowest BCUT2D eigenvalue weighted by Gasteiger charge is -2.09. The van der Waals surface area contributed by atoms with Gasteiger partial charge in [0.05, 0.1) is 11.0 Å². The lowest BCUT2D eigenvalue weighted by molar-refractivity contribution is -0.384. The highest BCUT2D eigenvalue weighted by Crippen LogP contribution is 2.21. The summed E-state index contributed by atoms with van der Waals surface area (Å²) >= 11 is 0. The summed E-state index contributed by atoms with van der Waals surface area (Å²) in [6.07, 6.45) is 3.41. The van der Waals surface area contributed by atoms with Crippen molar-refractivity contribution < 1.29 is 10.0 Å². The molecule has 0 bridgehead atoms. The summed E-state index contributed by atoms with van der Waals surface area (Å²) in [5, 5.41) is 20.2. The highest BCUT2D eigenvalue weighted by atomic mass is 16.6. The van der Waals surface area contributed by atoms with Gasteiger partial charge in [0.1, 0.15) is 0 Å². The number of rotatable bonds is 6. The topological polar surface area (TPSA) is 63.4 Å². The minimum absolute atomic E-state index is 0.0597. The van der Waals surface area contributed by atoms with Gasteiger partial charge < -0.3 is 5.11 Å². The van der Waals surface area contributed by atoms with Gasteiger partial charge in [-0.1, -0.05) is 26.2 Å². The smallest absolute Gasteiger partial charge is 0.269 e. The number of nitrogens with zero attached hydrogens (tertiary/aromatic N) is 1. The van der Waals surface area contributed by atoms with E-state index in [9.17, 15) is 15.2 Å². The third-order valence-corrected chi connectivity index (χ3v) is 2.57. The zero-order valence-corrected chi connectivity index (χ0v) is 9.43. The first kappa shape index (κ1) is 12.6. The van der Waals surface area contributed by atoms with E-state index >= 15 is 0 Å². The Hall–Kier alpha value is -1.42. The van der Waals surface area contributed by atoms with E-state index in [-0.39, 0.29) is 5.69 Å². The maximum atomic E-state index is 10.4. The van der Waals surface area contributed by atoms with Crippen molar-refractivity contribution in [3.8, 4) is 0 Å². The van der Waals surface area contributed by atoms with Crippen molar-refractivity contribution in [3.63, 3.8) is 0 Å². The molecule has 1 aromatic carbocycles. The zero-order valence-electron chi connectivity index (χ0n) is 9.43. The first-order chi connectivity index (χ1) is 7.65. The molecule has 0 aliphatic rings. The van der Waals surface area contributed by atoms with Gasteiger partial charge in [-0.15, -0.1) is 0 Å². The first-order valence-corrected chi connectivity index (χ1v) is 5.57. The average molecular weight is 223 g/mol. The molecule has 88 valence electrons. The number of aliphatic hydroxyl groups is 1. The largest absolute Gasteiger partial charge is 0.388 e. The predicted octanol–water partition coefficient (Wildman–Crippen LogP) is 3.21. The minimum Gasteiger partial charge on any atom is -0.388 e. The molecule has 0 saturated heterocycles. The lowest BCUT2D eigenvalue weighted by atomic mass is 10.0. The molecule has 4 heteroatoms. The van der Waals surface area contributed by atoms with Crippen LogP contribution in [-0.4, -0.2) is 10.0 Å². The second-order valence-corrected chi connectivity index (χ2v) is 3.86. The van der Waals surface area contributed by atoms with Gasteiger partial charge in [0.2, 0.25) is 0 Å². The molecule has 0 radical (unpaired) electrons. The number of nitro groups is 1. The van der Waals surface area contributed by atoms with Gasteiger partial charge in [-0.25, -0.2) is 0 Å². The van der Waals surface area contributed by atoms with Crippen LogP contribution in [0.25, 0.3) is 0 Å². The Kier molecular flexibility index (Phi) is 4.92. The summed E-state index contributed by atoms with van der Waals surface area (Å²) in [6, 6.07) is 6.10. The first-order valence-electron chi connectivity index (χ1n) is 5.57. The Labute approximate surface area is 95.1 Å². The highest BCUT2D eigenvalue weighted by molar-refractivity contribution is 5.33. The molecule has 0 heterocycles. The molecule has 0 fully saturated rings. The number of aliphatic hydroxyl groups excluding tert-OH is 1. The molecule has 0 saturated carbocycles. The van der Waals surface area contributed by atoms with E-state index in [1.807, 2.05) is 0 Å². The normalized spacial score (nSPS) is 12.4. The standard InChI is InChI=1S/C12H17NO3/c1-2-3-4-5-12(14)10-6-8-11(9-7-10)13(15)16/h6-9,12,14H,2-5H2,1H3. The molecule has 0 spiro atoms. The summed E-state index contributed by atoms with van der Waals surface area (Å²) in [7, 11) is 0. The summed E-state index contributed by atoms with van der Waals surface area (Å²) < 4.78 is 0. The molecule has 0 aliphatic heterocycles. The molecule has 0 aliphatic carbocycles. The maximum absolute atomic E-state index is 10.4. The van der Waals surface area contributed by atoms with E-state index in [1.165, 1.54) is 12.1 Å². The van der Waals surface area contributed by atoms with E-state index in [4.69, 9.17) is 0 Å². The lowest BCUT2D eigenvalue weighted by Crippen LogP contribution is -1.97. The summed E-state index contributed by atoms with van der Waals surface area (Å²) in [4.78, 5) is 10.00. The number of unbranched alkanes of at least 4 members (excludes halogenated alkanes) is 2. The molecule has 16 heavy (non-hydrogen) atoms. The molecule has 1 aromatic rings. The van der Waals surface area contributed by atoms with Crippen LogP contribution in [0.15, 0.2) is 24.3 Å². The van der Waals surface area contributed by atoms with E-state index in [0.29, 0.717) is 6.42 Å². The Balaban J connectivity index is 2.56. The third-order valence-electron chi connectivity index (χ3n) is 2.57. The fourth-order valence-electron chi connectivity index (χ4n) is 1.57. The van der Waals surface area contributed by atoms with Crippen molar-refractivity contribution in [2.75, 3.05) is 0 Å².